The number of carbonyl (C=O) groups excluding carboxylic acids is 1. The number of carbonyl (C=O) groups is 1. The van der Waals surface area contributed by atoms with Crippen molar-refractivity contribution in [1.29, 1.82) is 0 Å². The fraction of sp³-hybridized carbons (Fsp3) is 0.640. The molecule has 0 spiro atoms. The minimum atomic E-state index is -0.424. The van der Waals surface area contributed by atoms with E-state index >= 15 is 0 Å². The first-order chi connectivity index (χ1) is 14.2. The largest absolute Gasteiger partial charge is 0.454 e. The number of esters is 1. The number of allylic oxidation sites excluding steroid dienone is 3. The molecule has 1 aliphatic carbocycles. The topological polar surface area (TPSA) is 87.0 Å². The standard InChI is InChI=1S/C25H38O5/c1-17(8-10-21-18(2)22(28)12-13-25(21,3)4)6-5-7-19(15-26)9-11-23-20(16-27)14-24(29)30-23/h6,9,14,22-23,26-28H,5,7-8,10-13,15-16H2,1-4H3/b17-6-,19-9-. The second kappa shape index (κ2) is 11.1. The van der Waals surface area contributed by atoms with Gasteiger partial charge in [0.2, 0.25) is 0 Å². The van der Waals surface area contributed by atoms with Crippen LogP contribution < -0.4 is 0 Å². The third-order valence-corrected chi connectivity index (χ3v) is 6.54. The monoisotopic (exact) mass is 418 g/mol. The van der Waals surface area contributed by atoms with Gasteiger partial charge >= 0.3 is 5.97 Å². The molecule has 2 atom stereocenters. The SMILES string of the molecule is CC1=C(CC/C(C)=C\CC/C(=C/CC2OC(=O)C=C2CO)CO)C(C)(C)CCC1O. The van der Waals surface area contributed by atoms with Gasteiger partial charge in [0, 0.05) is 18.1 Å². The maximum absolute atomic E-state index is 11.3. The van der Waals surface area contributed by atoms with Crippen molar-refractivity contribution in [2.45, 2.75) is 84.8 Å². The normalized spacial score (nSPS) is 24.9. The Hall–Kier alpha value is -1.69. The van der Waals surface area contributed by atoms with E-state index in [1.54, 1.807) is 0 Å². The van der Waals surface area contributed by atoms with Crippen LogP contribution in [0.3, 0.4) is 0 Å². The van der Waals surface area contributed by atoms with Gasteiger partial charge in [-0.2, -0.15) is 0 Å². The van der Waals surface area contributed by atoms with Crippen LogP contribution in [0.2, 0.25) is 0 Å². The van der Waals surface area contributed by atoms with E-state index in [2.05, 4.69) is 33.8 Å². The fourth-order valence-corrected chi connectivity index (χ4v) is 4.42. The van der Waals surface area contributed by atoms with E-state index in [4.69, 9.17) is 4.74 Å². The van der Waals surface area contributed by atoms with E-state index < -0.39 is 12.1 Å². The number of rotatable bonds is 10. The highest BCUT2D eigenvalue weighted by atomic mass is 16.5. The molecule has 2 aliphatic rings. The Balaban J connectivity index is 1.85. The second-order valence-corrected chi connectivity index (χ2v) is 9.25. The molecular formula is C25H38O5. The van der Waals surface area contributed by atoms with E-state index in [1.165, 1.54) is 17.2 Å². The lowest BCUT2D eigenvalue weighted by atomic mass is 9.70. The van der Waals surface area contributed by atoms with Crippen molar-refractivity contribution in [2.75, 3.05) is 13.2 Å². The van der Waals surface area contributed by atoms with Crippen LogP contribution in [0, 0.1) is 5.41 Å². The molecule has 2 unspecified atom stereocenters. The molecule has 0 bridgehead atoms. The molecule has 0 radical (unpaired) electrons. The molecule has 0 aromatic carbocycles. The number of cyclic esters (lactones) is 1. The average molecular weight is 419 g/mol. The van der Waals surface area contributed by atoms with Crippen LogP contribution in [0.25, 0.3) is 0 Å². The smallest absolute Gasteiger partial charge is 0.331 e. The van der Waals surface area contributed by atoms with Crippen LogP contribution in [0.5, 0.6) is 0 Å². The van der Waals surface area contributed by atoms with Crippen molar-refractivity contribution in [3.63, 3.8) is 0 Å². The number of ether oxygens (including phenoxy) is 1. The molecule has 1 heterocycles. The molecule has 168 valence electrons. The number of hydrogen-bond donors (Lipinski definition) is 3. The van der Waals surface area contributed by atoms with E-state index in [9.17, 15) is 20.1 Å². The Kier molecular flexibility index (Phi) is 9.08. The van der Waals surface area contributed by atoms with E-state index in [1.807, 2.05) is 6.08 Å². The van der Waals surface area contributed by atoms with Gasteiger partial charge in [0.25, 0.3) is 0 Å². The molecule has 5 nitrogen and oxygen atoms in total. The minimum Gasteiger partial charge on any atom is -0.454 e. The van der Waals surface area contributed by atoms with Crippen LogP contribution in [-0.2, 0) is 9.53 Å². The first kappa shape index (κ1) is 24.6. The van der Waals surface area contributed by atoms with Crippen molar-refractivity contribution >= 4 is 5.97 Å². The zero-order valence-electron chi connectivity index (χ0n) is 18.9. The Morgan fingerprint density at radius 3 is 2.67 bits per heavy atom. The molecule has 0 amide bonds. The van der Waals surface area contributed by atoms with Crippen molar-refractivity contribution in [2.24, 2.45) is 5.41 Å². The molecule has 3 N–H and O–H groups in total. The molecular weight excluding hydrogens is 380 g/mol. The quantitative estimate of drug-likeness (QED) is 0.367. The van der Waals surface area contributed by atoms with Crippen LogP contribution in [0.4, 0.5) is 0 Å². The van der Waals surface area contributed by atoms with Gasteiger partial charge in [0.1, 0.15) is 6.10 Å². The van der Waals surface area contributed by atoms with Gasteiger partial charge in [-0.05, 0) is 68.9 Å². The molecule has 30 heavy (non-hydrogen) atoms. The maximum atomic E-state index is 11.3. The zero-order valence-corrected chi connectivity index (χ0v) is 18.9. The van der Waals surface area contributed by atoms with Crippen LogP contribution >= 0.6 is 0 Å². The van der Waals surface area contributed by atoms with Crippen molar-refractivity contribution in [3.8, 4) is 0 Å². The van der Waals surface area contributed by atoms with Crippen molar-refractivity contribution < 1.29 is 24.9 Å². The minimum absolute atomic E-state index is 0.0239. The summed E-state index contributed by atoms with van der Waals surface area (Å²) >= 11 is 0. The summed E-state index contributed by atoms with van der Waals surface area (Å²) in [6.45, 7) is 8.54. The van der Waals surface area contributed by atoms with Crippen molar-refractivity contribution in [3.05, 3.63) is 46.1 Å². The first-order valence-electron chi connectivity index (χ1n) is 11.0. The predicted molar refractivity (Wildman–Crippen MR) is 119 cm³/mol. The number of aliphatic hydroxyl groups is 3. The van der Waals surface area contributed by atoms with Gasteiger partial charge in [-0.1, -0.05) is 37.1 Å². The third-order valence-electron chi connectivity index (χ3n) is 6.54. The van der Waals surface area contributed by atoms with Gasteiger partial charge in [0.15, 0.2) is 0 Å². The lowest BCUT2D eigenvalue weighted by Crippen LogP contribution is -2.28. The third kappa shape index (κ3) is 6.66. The van der Waals surface area contributed by atoms with Crippen molar-refractivity contribution in [1.82, 2.24) is 0 Å². The highest BCUT2D eigenvalue weighted by Gasteiger charge is 2.31. The summed E-state index contributed by atoms with van der Waals surface area (Å²) < 4.78 is 5.17. The second-order valence-electron chi connectivity index (χ2n) is 9.25. The van der Waals surface area contributed by atoms with Crippen LogP contribution in [0.15, 0.2) is 46.1 Å². The summed E-state index contributed by atoms with van der Waals surface area (Å²) in [5.41, 5.74) is 5.51. The Bertz CT molecular complexity index is 739. The summed E-state index contributed by atoms with van der Waals surface area (Å²) in [7, 11) is 0. The highest BCUT2D eigenvalue weighted by molar-refractivity contribution is 5.85. The van der Waals surface area contributed by atoms with Gasteiger partial charge in [-0.15, -0.1) is 0 Å². The average Bonchev–Trinajstić information content (AvgIpc) is 3.07. The van der Waals surface area contributed by atoms with Gasteiger partial charge in [-0.25, -0.2) is 4.79 Å². The molecule has 0 saturated heterocycles. The van der Waals surface area contributed by atoms with E-state index in [0.29, 0.717) is 12.0 Å². The number of aliphatic hydroxyl groups excluding tert-OH is 3. The van der Waals surface area contributed by atoms with Gasteiger partial charge < -0.3 is 20.1 Å². The molecule has 0 saturated carbocycles. The number of hydrogen-bond acceptors (Lipinski definition) is 5. The Morgan fingerprint density at radius 2 is 2.00 bits per heavy atom. The zero-order chi connectivity index (χ0) is 22.3. The summed E-state index contributed by atoms with van der Waals surface area (Å²) in [5.74, 6) is -0.416. The van der Waals surface area contributed by atoms with E-state index in [-0.39, 0.29) is 24.7 Å². The fourth-order valence-electron chi connectivity index (χ4n) is 4.42. The predicted octanol–water partition coefficient (Wildman–Crippen LogP) is 4.14. The Labute approximate surface area is 180 Å². The molecule has 0 aromatic heterocycles. The molecule has 0 fully saturated rings. The molecule has 0 aromatic rings. The maximum Gasteiger partial charge on any atom is 0.331 e. The van der Waals surface area contributed by atoms with Crippen LogP contribution in [-0.4, -0.2) is 46.7 Å². The molecule has 2 rings (SSSR count). The highest BCUT2D eigenvalue weighted by Crippen LogP contribution is 2.42. The summed E-state index contributed by atoms with van der Waals surface area (Å²) in [5, 5.41) is 29.1. The first-order valence-corrected chi connectivity index (χ1v) is 11.0. The lowest BCUT2D eigenvalue weighted by molar-refractivity contribution is -0.138. The summed E-state index contributed by atoms with van der Waals surface area (Å²) in [4.78, 5) is 11.3. The van der Waals surface area contributed by atoms with Crippen LogP contribution in [0.1, 0.15) is 72.6 Å². The van der Waals surface area contributed by atoms with Gasteiger partial charge in [-0.3, -0.25) is 0 Å². The molecule has 5 heteroatoms. The molecule has 1 aliphatic heterocycles. The van der Waals surface area contributed by atoms with E-state index in [0.717, 1.165) is 49.7 Å². The summed E-state index contributed by atoms with van der Waals surface area (Å²) in [6.07, 6.45) is 10.6. The summed E-state index contributed by atoms with van der Waals surface area (Å²) in [6, 6.07) is 0. The Morgan fingerprint density at radius 1 is 1.27 bits per heavy atom. The van der Waals surface area contributed by atoms with Gasteiger partial charge in [0.05, 0.1) is 19.3 Å². The lowest BCUT2D eigenvalue weighted by Gasteiger charge is -2.37.